The Morgan fingerprint density at radius 3 is 0.676 bits per heavy atom. The number of nitrogens with zero attached hydrogens (tertiary/aromatic N) is 2. The van der Waals surface area contributed by atoms with Gasteiger partial charge in [0.2, 0.25) is 0 Å². The molecule has 0 aliphatic heterocycles. The smallest absolute Gasteiger partial charge is 0.465 e. The Bertz CT molecular complexity index is 4250. The average Bonchev–Trinajstić information content (AvgIpc) is 0.834. The van der Waals surface area contributed by atoms with Crippen molar-refractivity contribution in [2.45, 2.75) is 20.8 Å². The molecular weight excluding hydrogens is 1400 g/mol. The lowest BCUT2D eigenvalue weighted by Crippen LogP contribution is -2.35. The Hall–Kier alpha value is -11.2. The van der Waals surface area contributed by atoms with Gasteiger partial charge in [-0.05, 0) is 145 Å². The van der Waals surface area contributed by atoms with Crippen molar-refractivity contribution in [3.05, 3.63) is 441 Å². The standard InChI is InChI=1S/4C18H15P.C15H15NO2.C8H10BNO4/c4*1-4-10-16(11-5-1)19(17-12-6-2-7-13-17)18-14-8-3-9-15-18;1-10-5-4-6-12(7-10)14-11(2)8-13(9-16-14)15(17)18-3;1-5-3-6(8(11)14-2)4-10-7(5)9(12)13/h4*1-15H;4-9H,1-3H3;3-4,12-13H,1-2H3. The molecule has 0 fully saturated rings. The van der Waals surface area contributed by atoms with Gasteiger partial charge < -0.3 is 19.5 Å². The quantitative estimate of drug-likeness (QED) is 0.0558. The number of hydrogen-bond acceptors (Lipinski definition) is 8. The van der Waals surface area contributed by atoms with E-state index < -0.39 is 44.8 Å². The summed E-state index contributed by atoms with van der Waals surface area (Å²) in [4.78, 5) is 30.6. The molecule has 0 saturated carbocycles. The lowest BCUT2D eigenvalue weighted by Gasteiger charge is -2.18. The minimum atomic E-state index is -1.62. The van der Waals surface area contributed by atoms with Gasteiger partial charge >= 0.3 is 19.1 Å². The first-order chi connectivity index (χ1) is 53.0. The summed E-state index contributed by atoms with van der Waals surface area (Å²) in [7, 11) is -0.770. The molecule has 108 heavy (non-hydrogen) atoms. The van der Waals surface area contributed by atoms with E-state index in [4.69, 9.17) is 10.0 Å². The maximum atomic E-state index is 11.4. The largest absolute Gasteiger partial charge is 0.508 e. The SMILES string of the molecule is COC(=O)c1cnc(-c2cccc(C)c2)c(C)c1.COC(=O)c1cnc(B(O)O)c(C)c1.c1ccc(P(c2ccccc2)c2ccccc2)cc1.c1ccc(P(c2ccccc2)c2ccccc2)cc1.c1ccc(P(c2ccccc2)c2ccccc2)cc1.c1ccc(P(c2ccccc2)c2ccccc2)cc1. The molecule has 13 heteroatoms. The number of carbonyl (C=O) groups is 2. The molecule has 0 radical (unpaired) electrons. The lowest BCUT2D eigenvalue weighted by atomic mass is 9.82. The minimum absolute atomic E-state index is 0.137. The number of methoxy groups -OCH3 is 2. The predicted octanol–water partition coefficient (Wildman–Crippen LogP) is 15.8. The van der Waals surface area contributed by atoms with Gasteiger partial charge in [0.05, 0.1) is 36.6 Å². The number of benzene rings is 13. The fraction of sp³-hybridized carbons (Fsp3) is 0.0526. The van der Waals surface area contributed by atoms with E-state index in [0.717, 1.165) is 16.8 Å². The number of esters is 2. The molecule has 0 aliphatic rings. The van der Waals surface area contributed by atoms with Crippen LogP contribution in [0.2, 0.25) is 0 Å². The molecule has 15 rings (SSSR count). The van der Waals surface area contributed by atoms with Crippen LogP contribution in [0.25, 0.3) is 11.3 Å². The Kier molecular flexibility index (Phi) is 31.5. The van der Waals surface area contributed by atoms with E-state index in [0.29, 0.717) is 11.1 Å². The normalized spacial score (nSPS) is 10.4. The number of aryl methyl sites for hydroxylation is 3. The molecule has 0 saturated heterocycles. The van der Waals surface area contributed by atoms with Crippen molar-refractivity contribution in [2.75, 3.05) is 14.2 Å². The van der Waals surface area contributed by atoms with Crippen molar-refractivity contribution < 1.29 is 29.1 Å². The highest BCUT2D eigenvalue weighted by molar-refractivity contribution is 7.81. The average molecular weight is 1490 g/mol. The van der Waals surface area contributed by atoms with Gasteiger partial charge in [0.25, 0.3) is 0 Å². The number of rotatable bonds is 16. The van der Waals surface area contributed by atoms with Gasteiger partial charge in [-0.1, -0.05) is 388 Å². The molecule has 0 unspecified atom stereocenters. The van der Waals surface area contributed by atoms with Crippen LogP contribution in [0.3, 0.4) is 0 Å². The maximum Gasteiger partial charge on any atom is 0.508 e. The van der Waals surface area contributed by atoms with Crippen molar-refractivity contribution in [2.24, 2.45) is 0 Å². The van der Waals surface area contributed by atoms with E-state index in [-0.39, 0.29) is 17.1 Å². The van der Waals surface area contributed by atoms with Gasteiger partial charge in [-0.3, -0.25) is 9.97 Å². The van der Waals surface area contributed by atoms with E-state index in [9.17, 15) is 9.59 Å². The van der Waals surface area contributed by atoms with Crippen molar-refractivity contribution in [3.63, 3.8) is 0 Å². The van der Waals surface area contributed by atoms with Crippen molar-refractivity contribution in [3.8, 4) is 11.3 Å². The second-order valence-electron chi connectivity index (χ2n) is 24.4. The van der Waals surface area contributed by atoms with E-state index in [1.165, 1.54) is 95.7 Å². The molecule has 15 aromatic rings. The predicted molar refractivity (Wildman–Crippen MR) is 461 cm³/mol. The summed E-state index contributed by atoms with van der Waals surface area (Å²) in [5.41, 5.74) is 5.53. The Morgan fingerprint density at radius 2 is 0.491 bits per heavy atom. The number of hydrogen-bond donors (Lipinski definition) is 2. The maximum absolute atomic E-state index is 11.4. The van der Waals surface area contributed by atoms with Crippen molar-refractivity contribution in [1.82, 2.24) is 9.97 Å². The molecule has 2 heterocycles. The van der Waals surface area contributed by atoms with E-state index in [1.54, 1.807) is 19.2 Å². The van der Waals surface area contributed by atoms with Gasteiger partial charge in [-0.15, -0.1) is 0 Å². The molecule has 0 bridgehead atoms. The van der Waals surface area contributed by atoms with Crippen LogP contribution in [0.1, 0.15) is 37.4 Å². The zero-order chi connectivity index (χ0) is 75.5. The van der Waals surface area contributed by atoms with Crippen LogP contribution in [0.15, 0.2) is 413 Å². The second kappa shape index (κ2) is 42.8. The zero-order valence-corrected chi connectivity index (χ0v) is 64.6. The third-order valence-electron chi connectivity index (χ3n) is 16.7. The molecule has 534 valence electrons. The summed E-state index contributed by atoms with van der Waals surface area (Å²) in [5.74, 6) is -0.860. The Morgan fingerprint density at radius 1 is 0.278 bits per heavy atom. The summed E-state index contributed by atoms with van der Waals surface area (Å²) in [6.07, 6.45) is 2.80. The highest BCUT2D eigenvalue weighted by Crippen LogP contribution is 2.36. The summed E-state index contributed by atoms with van der Waals surface area (Å²) in [5, 5.41) is 34.5. The Balaban J connectivity index is 0.000000139. The monoisotopic (exact) mass is 1480 g/mol. The topological polar surface area (TPSA) is 119 Å². The van der Waals surface area contributed by atoms with Crippen LogP contribution in [0.4, 0.5) is 0 Å². The molecule has 13 aromatic carbocycles. The Labute approximate surface area is 641 Å². The molecule has 0 aliphatic carbocycles. The van der Waals surface area contributed by atoms with Gasteiger partial charge in [-0.2, -0.15) is 0 Å². The van der Waals surface area contributed by atoms with Gasteiger partial charge in [0.15, 0.2) is 0 Å². The lowest BCUT2D eigenvalue weighted by molar-refractivity contribution is 0.0591. The van der Waals surface area contributed by atoms with E-state index in [1.807, 2.05) is 32.0 Å². The van der Waals surface area contributed by atoms with E-state index in [2.05, 4.69) is 389 Å². The minimum Gasteiger partial charge on any atom is -0.465 e. The third-order valence-corrected chi connectivity index (χ3v) is 26.5. The zero-order valence-electron chi connectivity index (χ0n) is 61.0. The fourth-order valence-electron chi connectivity index (χ4n) is 11.7. The van der Waals surface area contributed by atoms with E-state index >= 15 is 0 Å². The summed E-state index contributed by atoms with van der Waals surface area (Å²) in [6.45, 7) is 5.62. The highest BCUT2D eigenvalue weighted by Gasteiger charge is 2.21. The number of pyridine rings is 2. The van der Waals surface area contributed by atoms with Crippen LogP contribution in [0, 0.1) is 20.8 Å². The molecular formula is C95H85BN2O6P4. The number of carbonyl (C=O) groups excluding carboxylic acids is 2. The highest BCUT2D eigenvalue weighted by atomic mass is 31.1. The summed E-state index contributed by atoms with van der Waals surface area (Å²) < 4.78 is 9.16. The first-order valence-corrected chi connectivity index (χ1v) is 40.7. The molecule has 0 amide bonds. The first kappa shape index (κ1) is 79.4. The number of aromatic nitrogens is 2. The molecule has 2 aromatic heterocycles. The number of ether oxygens (including phenoxy) is 2. The van der Waals surface area contributed by atoms with Crippen molar-refractivity contribution in [1.29, 1.82) is 0 Å². The van der Waals surface area contributed by atoms with Crippen LogP contribution < -0.4 is 69.2 Å². The van der Waals surface area contributed by atoms with Crippen molar-refractivity contribution >= 4 is 120 Å². The van der Waals surface area contributed by atoms with Gasteiger partial charge in [0.1, 0.15) is 0 Å². The van der Waals surface area contributed by atoms with Crippen LogP contribution in [0.5, 0.6) is 0 Å². The first-order valence-electron chi connectivity index (χ1n) is 35.3. The second-order valence-corrected chi connectivity index (χ2v) is 33.3. The van der Waals surface area contributed by atoms with Gasteiger partial charge in [-0.25, -0.2) is 9.59 Å². The summed E-state index contributed by atoms with van der Waals surface area (Å²) >= 11 is 0. The summed E-state index contributed by atoms with van der Waals surface area (Å²) in [6, 6.07) is 141. The molecule has 2 N–H and O–H groups in total. The van der Waals surface area contributed by atoms with Crippen LogP contribution in [-0.4, -0.2) is 53.3 Å². The fourth-order valence-corrected chi connectivity index (χ4v) is 20.9. The van der Waals surface area contributed by atoms with Gasteiger partial charge in [0, 0.05) is 18.0 Å². The van der Waals surface area contributed by atoms with Crippen LogP contribution in [-0.2, 0) is 9.47 Å². The molecule has 8 nitrogen and oxygen atoms in total. The van der Waals surface area contributed by atoms with Crippen LogP contribution >= 0.6 is 31.7 Å². The molecule has 0 spiro atoms. The molecule has 0 atom stereocenters. The third kappa shape index (κ3) is 23.4.